The highest BCUT2D eigenvalue weighted by Gasteiger charge is 2.45. The molecule has 7 nitrogen and oxygen atoms in total. The lowest BCUT2D eigenvalue weighted by molar-refractivity contribution is 0.0491. The second kappa shape index (κ2) is 8.21. The Labute approximate surface area is 179 Å². The summed E-state index contributed by atoms with van der Waals surface area (Å²) >= 11 is 0. The van der Waals surface area contributed by atoms with Crippen molar-refractivity contribution in [2.75, 3.05) is 13.1 Å². The third-order valence-electron chi connectivity index (χ3n) is 5.89. The number of hydrogen-bond acceptors (Lipinski definition) is 5. The molecule has 1 aromatic rings. The molecule has 1 aromatic carbocycles. The molecule has 3 unspecified atom stereocenters. The van der Waals surface area contributed by atoms with Crippen LogP contribution in [0.2, 0.25) is 0 Å². The van der Waals surface area contributed by atoms with Gasteiger partial charge in [-0.3, -0.25) is 4.79 Å². The molecular weight excluding hydrogens is 404 g/mol. The van der Waals surface area contributed by atoms with Crippen LogP contribution in [0.1, 0.15) is 57.8 Å². The molecule has 1 aliphatic heterocycles. The zero-order valence-electron chi connectivity index (χ0n) is 18.3. The van der Waals surface area contributed by atoms with E-state index in [1.54, 1.807) is 36.9 Å². The smallest absolute Gasteiger partial charge is 0.407 e. The average molecular weight is 437 g/mol. The highest BCUT2D eigenvalue weighted by atomic mass is 32.2. The van der Waals surface area contributed by atoms with Crippen molar-refractivity contribution in [3.05, 3.63) is 29.8 Å². The van der Waals surface area contributed by atoms with Gasteiger partial charge in [-0.15, -0.1) is 0 Å². The third kappa shape index (κ3) is 4.63. The molecule has 1 heterocycles. The topological polar surface area (TPSA) is 92.8 Å². The maximum absolute atomic E-state index is 13.2. The van der Waals surface area contributed by atoms with Crippen molar-refractivity contribution in [3.8, 4) is 0 Å². The Bertz CT molecular complexity index is 920. The van der Waals surface area contributed by atoms with E-state index in [0.29, 0.717) is 19.0 Å². The van der Waals surface area contributed by atoms with Crippen LogP contribution < -0.4 is 5.32 Å². The molecule has 1 saturated heterocycles. The highest BCUT2D eigenvalue weighted by molar-refractivity contribution is 7.92. The first-order chi connectivity index (χ1) is 13.9. The van der Waals surface area contributed by atoms with Crippen molar-refractivity contribution in [1.82, 2.24) is 10.2 Å². The van der Waals surface area contributed by atoms with Crippen LogP contribution in [0.25, 0.3) is 0 Å². The minimum Gasteiger partial charge on any atom is -0.444 e. The SMILES string of the molecule is CC(C)S(=O)(=O)c1ccccc1C(=O)N1CC2CCC(NC(=O)OC(C)(C)C)C2C1. The summed E-state index contributed by atoms with van der Waals surface area (Å²) in [6.45, 7) is 9.77. The molecule has 1 saturated carbocycles. The van der Waals surface area contributed by atoms with Gasteiger partial charge in [-0.05, 0) is 65.5 Å². The minimum absolute atomic E-state index is 0.0442. The molecule has 8 heteroatoms. The number of carbonyl (C=O) groups is 2. The number of nitrogens with zero attached hydrogens (tertiary/aromatic N) is 1. The number of likely N-dealkylation sites (tertiary alicyclic amines) is 1. The minimum atomic E-state index is -3.57. The number of alkyl carbamates (subject to hydrolysis) is 1. The molecular formula is C22H32N2O5S. The molecule has 30 heavy (non-hydrogen) atoms. The summed E-state index contributed by atoms with van der Waals surface area (Å²) in [5.41, 5.74) is -0.339. The van der Waals surface area contributed by atoms with E-state index in [9.17, 15) is 18.0 Å². The summed E-state index contributed by atoms with van der Waals surface area (Å²) in [7, 11) is -3.57. The number of fused-ring (bicyclic) bond motifs is 1. The van der Waals surface area contributed by atoms with E-state index in [1.165, 1.54) is 6.07 Å². The van der Waals surface area contributed by atoms with Crippen LogP contribution >= 0.6 is 0 Å². The largest absolute Gasteiger partial charge is 0.444 e. The molecule has 0 spiro atoms. The van der Waals surface area contributed by atoms with Crippen molar-refractivity contribution >= 4 is 21.8 Å². The quantitative estimate of drug-likeness (QED) is 0.782. The molecule has 3 rings (SSSR count). The standard InChI is InChI=1S/C22H32N2O5S/c1-14(2)30(27,28)19-9-7-6-8-16(19)20(25)24-12-15-10-11-18(17(15)13-24)23-21(26)29-22(3,4)5/h6-9,14-15,17-18H,10-13H2,1-5H3,(H,23,26). The summed E-state index contributed by atoms with van der Waals surface area (Å²) in [4.78, 5) is 27.2. The van der Waals surface area contributed by atoms with E-state index in [0.717, 1.165) is 12.8 Å². The highest BCUT2D eigenvalue weighted by Crippen LogP contribution is 2.39. The van der Waals surface area contributed by atoms with Gasteiger partial charge < -0.3 is 15.0 Å². The van der Waals surface area contributed by atoms with Crippen LogP contribution in [0, 0.1) is 11.8 Å². The molecule has 1 N–H and O–H groups in total. The molecule has 0 radical (unpaired) electrons. The Morgan fingerprint density at radius 1 is 1.13 bits per heavy atom. The second-order valence-corrected chi connectivity index (χ2v) is 12.0. The van der Waals surface area contributed by atoms with Gasteiger partial charge in [-0.1, -0.05) is 12.1 Å². The van der Waals surface area contributed by atoms with E-state index in [2.05, 4.69) is 5.32 Å². The van der Waals surface area contributed by atoms with Gasteiger partial charge in [0.1, 0.15) is 5.60 Å². The summed E-state index contributed by atoms with van der Waals surface area (Å²) in [6.07, 6.45) is 1.33. The molecule has 1 aliphatic carbocycles. The van der Waals surface area contributed by atoms with Crippen molar-refractivity contribution < 1.29 is 22.7 Å². The summed E-state index contributed by atoms with van der Waals surface area (Å²) in [5, 5.41) is 2.36. The fourth-order valence-electron chi connectivity index (χ4n) is 4.39. The maximum atomic E-state index is 13.2. The molecule has 0 aromatic heterocycles. The van der Waals surface area contributed by atoms with E-state index in [4.69, 9.17) is 4.74 Å². The zero-order valence-corrected chi connectivity index (χ0v) is 19.2. The number of ether oxygens (including phenoxy) is 1. The second-order valence-electron chi connectivity index (χ2n) is 9.55. The fourth-order valence-corrected chi connectivity index (χ4v) is 5.62. The number of amides is 2. The van der Waals surface area contributed by atoms with Crippen LogP contribution in [0.5, 0.6) is 0 Å². The Balaban J connectivity index is 1.74. The van der Waals surface area contributed by atoms with Crippen LogP contribution in [0.15, 0.2) is 29.2 Å². The van der Waals surface area contributed by atoms with Gasteiger partial charge in [0.2, 0.25) is 0 Å². The maximum Gasteiger partial charge on any atom is 0.407 e. The molecule has 2 amide bonds. The molecule has 3 atom stereocenters. The Morgan fingerprint density at radius 3 is 2.43 bits per heavy atom. The van der Waals surface area contributed by atoms with Gasteiger partial charge in [-0.2, -0.15) is 0 Å². The molecule has 2 fully saturated rings. The predicted octanol–water partition coefficient (Wildman–Crippen LogP) is 3.24. The van der Waals surface area contributed by atoms with Gasteiger partial charge in [0.25, 0.3) is 5.91 Å². The number of sulfone groups is 1. The number of benzene rings is 1. The van der Waals surface area contributed by atoms with Crippen LogP contribution in [-0.2, 0) is 14.6 Å². The Kier molecular flexibility index (Phi) is 6.18. The van der Waals surface area contributed by atoms with Gasteiger partial charge >= 0.3 is 6.09 Å². The average Bonchev–Trinajstić information content (AvgIpc) is 3.21. The van der Waals surface area contributed by atoms with Crippen LogP contribution in [0.4, 0.5) is 4.79 Å². The van der Waals surface area contributed by atoms with Crippen LogP contribution in [-0.4, -0.2) is 55.3 Å². The van der Waals surface area contributed by atoms with Gasteiger partial charge in [0.15, 0.2) is 9.84 Å². The van der Waals surface area contributed by atoms with Gasteiger partial charge in [0, 0.05) is 25.0 Å². The van der Waals surface area contributed by atoms with E-state index < -0.39 is 26.8 Å². The van der Waals surface area contributed by atoms with E-state index in [1.807, 2.05) is 20.8 Å². The van der Waals surface area contributed by atoms with Gasteiger partial charge in [0.05, 0.1) is 15.7 Å². The fraction of sp³-hybridized carbons (Fsp3) is 0.636. The van der Waals surface area contributed by atoms with E-state index >= 15 is 0 Å². The van der Waals surface area contributed by atoms with Crippen molar-refractivity contribution in [2.45, 2.75) is 69.2 Å². The summed E-state index contributed by atoms with van der Waals surface area (Å²) in [6, 6.07) is 6.38. The number of hydrogen-bond donors (Lipinski definition) is 1. The first kappa shape index (κ1) is 22.6. The first-order valence-corrected chi connectivity index (χ1v) is 12.1. The number of rotatable bonds is 4. The Hall–Kier alpha value is -2.09. The molecule has 2 aliphatic rings. The lowest BCUT2D eigenvalue weighted by atomic mass is 9.98. The zero-order chi connectivity index (χ0) is 22.3. The monoisotopic (exact) mass is 436 g/mol. The summed E-state index contributed by atoms with van der Waals surface area (Å²) < 4.78 is 30.8. The number of carbonyl (C=O) groups excluding carboxylic acids is 2. The molecule has 0 bridgehead atoms. The lowest BCUT2D eigenvalue weighted by Crippen LogP contribution is -2.42. The summed E-state index contributed by atoms with van der Waals surface area (Å²) in [5.74, 6) is 0.179. The van der Waals surface area contributed by atoms with Crippen molar-refractivity contribution in [2.24, 2.45) is 11.8 Å². The van der Waals surface area contributed by atoms with E-state index in [-0.39, 0.29) is 28.3 Å². The van der Waals surface area contributed by atoms with Crippen LogP contribution in [0.3, 0.4) is 0 Å². The number of nitrogens with one attached hydrogen (secondary N) is 1. The van der Waals surface area contributed by atoms with Crippen molar-refractivity contribution in [3.63, 3.8) is 0 Å². The third-order valence-corrected chi connectivity index (χ3v) is 8.10. The molecule has 166 valence electrons. The normalized spacial score (nSPS) is 24.1. The van der Waals surface area contributed by atoms with Crippen molar-refractivity contribution in [1.29, 1.82) is 0 Å². The first-order valence-electron chi connectivity index (χ1n) is 10.5. The Morgan fingerprint density at radius 2 is 1.80 bits per heavy atom. The van der Waals surface area contributed by atoms with Gasteiger partial charge in [-0.25, -0.2) is 13.2 Å². The predicted molar refractivity (Wildman–Crippen MR) is 114 cm³/mol. The lowest BCUT2D eigenvalue weighted by Gasteiger charge is -2.25.